The Morgan fingerprint density at radius 1 is 1.31 bits per heavy atom. The van der Waals surface area contributed by atoms with Gasteiger partial charge in [0.15, 0.2) is 0 Å². The maximum atomic E-state index is 5.58. The molecule has 2 heterocycles. The molecule has 0 aromatic heterocycles. The number of piperidine rings is 1. The van der Waals surface area contributed by atoms with Gasteiger partial charge in [-0.15, -0.1) is 0 Å². The second kappa shape index (κ2) is 5.99. The molecule has 3 nitrogen and oxygen atoms in total. The molecule has 0 radical (unpaired) electrons. The minimum atomic E-state index is 0.402. The van der Waals surface area contributed by atoms with E-state index in [1.54, 1.807) is 0 Å². The maximum absolute atomic E-state index is 5.58. The zero-order chi connectivity index (χ0) is 11.4. The molecule has 2 saturated heterocycles. The van der Waals surface area contributed by atoms with Crippen molar-refractivity contribution in [2.45, 2.75) is 57.7 Å². The number of ether oxygens (including phenoxy) is 1. The molecule has 0 bridgehead atoms. The van der Waals surface area contributed by atoms with Crippen molar-refractivity contribution in [3.63, 3.8) is 0 Å². The van der Waals surface area contributed by atoms with Gasteiger partial charge in [-0.1, -0.05) is 13.3 Å². The Morgan fingerprint density at radius 2 is 2.19 bits per heavy atom. The normalized spacial score (nSPS) is 36.8. The molecule has 0 aromatic rings. The largest absolute Gasteiger partial charge is 0.377 e. The Balaban J connectivity index is 1.75. The molecular weight excluding hydrogens is 200 g/mol. The quantitative estimate of drug-likeness (QED) is 0.788. The van der Waals surface area contributed by atoms with Crippen molar-refractivity contribution in [1.29, 1.82) is 0 Å². The van der Waals surface area contributed by atoms with Crippen LogP contribution in [0.5, 0.6) is 0 Å². The van der Waals surface area contributed by atoms with E-state index in [0.29, 0.717) is 12.1 Å². The van der Waals surface area contributed by atoms with Gasteiger partial charge < -0.3 is 10.1 Å². The molecule has 2 aliphatic heterocycles. The molecule has 0 spiro atoms. The SMILES string of the molecule is CCN1CCCCC1CNC1CCOC1C. The summed E-state index contributed by atoms with van der Waals surface area (Å²) < 4.78 is 5.58. The fraction of sp³-hybridized carbons (Fsp3) is 1.00. The zero-order valence-electron chi connectivity index (χ0n) is 10.7. The first-order valence-corrected chi connectivity index (χ1v) is 6.90. The highest BCUT2D eigenvalue weighted by Crippen LogP contribution is 2.17. The van der Waals surface area contributed by atoms with Gasteiger partial charge in [-0.05, 0) is 39.3 Å². The molecule has 3 atom stereocenters. The van der Waals surface area contributed by atoms with E-state index < -0.39 is 0 Å². The molecule has 16 heavy (non-hydrogen) atoms. The van der Waals surface area contributed by atoms with E-state index in [2.05, 4.69) is 24.1 Å². The maximum Gasteiger partial charge on any atom is 0.0700 e. The fourth-order valence-corrected chi connectivity index (χ4v) is 2.99. The first-order valence-electron chi connectivity index (χ1n) is 6.90. The number of hydrogen-bond donors (Lipinski definition) is 1. The van der Waals surface area contributed by atoms with Gasteiger partial charge in [0.2, 0.25) is 0 Å². The van der Waals surface area contributed by atoms with Crippen LogP contribution in [0.15, 0.2) is 0 Å². The Labute approximate surface area is 99.5 Å². The average molecular weight is 226 g/mol. The van der Waals surface area contributed by atoms with E-state index in [-0.39, 0.29) is 0 Å². The van der Waals surface area contributed by atoms with Crippen molar-refractivity contribution in [2.75, 3.05) is 26.2 Å². The molecule has 0 saturated carbocycles. The first kappa shape index (κ1) is 12.3. The van der Waals surface area contributed by atoms with Crippen LogP contribution in [0, 0.1) is 0 Å². The van der Waals surface area contributed by atoms with E-state index >= 15 is 0 Å². The number of likely N-dealkylation sites (N-methyl/N-ethyl adjacent to an activating group) is 1. The van der Waals surface area contributed by atoms with E-state index in [1.165, 1.54) is 38.8 Å². The Morgan fingerprint density at radius 3 is 2.88 bits per heavy atom. The van der Waals surface area contributed by atoms with Gasteiger partial charge in [0, 0.05) is 25.2 Å². The Hall–Kier alpha value is -0.120. The van der Waals surface area contributed by atoms with Crippen LogP contribution in [-0.2, 0) is 4.74 Å². The lowest BCUT2D eigenvalue weighted by atomic mass is 10.0. The summed E-state index contributed by atoms with van der Waals surface area (Å²) >= 11 is 0. The second-order valence-corrected chi connectivity index (χ2v) is 5.16. The van der Waals surface area contributed by atoms with Crippen molar-refractivity contribution in [2.24, 2.45) is 0 Å². The number of rotatable bonds is 4. The summed E-state index contributed by atoms with van der Waals surface area (Å²) in [6.07, 6.45) is 5.73. The van der Waals surface area contributed by atoms with Gasteiger partial charge >= 0.3 is 0 Å². The van der Waals surface area contributed by atoms with Crippen LogP contribution >= 0.6 is 0 Å². The average Bonchev–Trinajstić information content (AvgIpc) is 2.72. The number of nitrogens with zero attached hydrogens (tertiary/aromatic N) is 1. The third-order valence-electron chi connectivity index (χ3n) is 4.15. The van der Waals surface area contributed by atoms with Crippen LogP contribution in [0.1, 0.15) is 39.5 Å². The van der Waals surface area contributed by atoms with Crippen molar-refractivity contribution >= 4 is 0 Å². The van der Waals surface area contributed by atoms with Crippen LogP contribution in [0.2, 0.25) is 0 Å². The molecule has 94 valence electrons. The number of hydrogen-bond acceptors (Lipinski definition) is 3. The van der Waals surface area contributed by atoms with Crippen molar-refractivity contribution in [1.82, 2.24) is 10.2 Å². The highest BCUT2D eigenvalue weighted by molar-refractivity contribution is 4.84. The molecule has 2 rings (SSSR count). The molecule has 0 amide bonds. The molecule has 1 N–H and O–H groups in total. The van der Waals surface area contributed by atoms with Crippen LogP contribution in [-0.4, -0.2) is 49.3 Å². The molecule has 0 aliphatic carbocycles. The third kappa shape index (κ3) is 2.96. The molecule has 3 heteroatoms. The lowest BCUT2D eigenvalue weighted by Gasteiger charge is -2.35. The number of nitrogens with one attached hydrogen (secondary N) is 1. The van der Waals surface area contributed by atoms with Crippen LogP contribution < -0.4 is 5.32 Å². The van der Waals surface area contributed by atoms with Gasteiger partial charge in [-0.25, -0.2) is 0 Å². The zero-order valence-corrected chi connectivity index (χ0v) is 10.7. The van der Waals surface area contributed by atoms with Gasteiger partial charge in [0.25, 0.3) is 0 Å². The summed E-state index contributed by atoms with van der Waals surface area (Å²) in [5.74, 6) is 0. The molecule has 0 aromatic carbocycles. The van der Waals surface area contributed by atoms with Crippen LogP contribution in [0.25, 0.3) is 0 Å². The van der Waals surface area contributed by atoms with Gasteiger partial charge in [0.05, 0.1) is 6.10 Å². The Bertz CT molecular complexity index is 210. The summed E-state index contributed by atoms with van der Waals surface area (Å²) in [6.45, 7) is 9.03. The van der Waals surface area contributed by atoms with Gasteiger partial charge in [0.1, 0.15) is 0 Å². The third-order valence-corrected chi connectivity index (χ3v) is 4.15. The lowest BCUT2D eigenvalue weighted by Crippen LogP contribution is -2.48. The molecule has 2 aliphatic rings. The van der Waals surface area contributed by atoms with Crippen LogP contribution in [0.3, 0.4) is 0 Å². The van der Waals surface area contributed by atoms with E-state index in [1.807, 2.05) is 0 Å². The summed E-state index contributed by atoms with van der Waals surface area (Å²) in [5.41, 5.74) is 0. The number of likely N-dealkylation sites (tertiary alicyclic amines) is 1. The smallest absolute Gasteiger partial charge is 0.0700 e. The standard InChI is InChI=1S/C13H26N2O/c1-3-15-8-5-4-6-12(15)10-14-13-7-9-16-11(13)2/h11-14H,3-10H2,1-2H3. The molecular formula is C13H26N2O. The predicted molar refractivity (Wildman–Crippen MR) is 66.7 cm³/mol. The van der Waals surface area contributed by atoms with Crippen molar-refractivity contribution < 1.29 is 4.74 Å². The monoisotopic (exact) mass is 226 g/mol. The Kier molecular flexibility index (Phi) is 4.62. The van der Waals surface area contributed by atoms with Crippen molar-refractivity contribution in [3.8, 4) is 0 Å². The fourth-order valence-electron chi connectivity index (χ4n) is 2.99. The summed E-state index contributed by atoms with van der Waals surface area (Å²) in [6, 6.07) is 1.34. The van der Waals surface area contributed by atoms with E-state index in [9.17, 15) is 0 Å². The van der Waals surface area contributed by atoms with Crippen molar-refractivity contribution in [3.05, 3.63) is 0 Å². The lowest BCUT2D eigenvalue weighted by molar-refractivity contribution is 0.106. The van der Waals surface area contributed by atoms with Gasteiger partial charge in [-0.3, -0.25) is 4.90 Å². The minimum Gasteiger partial charge on any atom is -0.377 e. The molecule has 2 fully saturated rings. The van der Waals surface area contributed by atoms with E-state index in [4.69, 9.17) is 4.74 Å². The second-order valence-electron chi connectivity index (χ2n) is 5.16. The highest BCUT2D eigenvalue weighted by Gasteiger charge is 2.26. The highest BCUT2D eigenvalue weighted by atomic mass is 16.5. The first-order chi connectivity index (χ1) is 7.81. The van der Waals surface area contributed by atoms with Crippen LogP contribution in [0.4, 0.5) is 0 Å². The summed E-state index contributed by atoms with van der Waals surface area (Å²) in [7, 11) is 0. The van der Waals surface area contributed by atoms with Gasteiger partial charge in [-0.2, -0.15) is 0 Å². The summed E-state index contributed by atoms with van der Waals surface area (Å²) in [4.78, 5) is 2.62. The van der Waals surface area contributed by atoms with E-state index in [0.717, 1.165) is 19.2 Å². The molecule has 3 unspecified atom stereocenters. The minimum absolute atomic E-state index is 0.402. The summed E-state index contributed by atoms with van der Waals surface area (Å²) in [5, 5.41) is 3.70. The topological polar surface area (TPSA) is 24.5 Å². The predicted octanol–water partition coefficient (Wildman–Crippen LogP) is 1.63.